The topological polar surface area (TPSA) is 38.1 Å². The molecule has 1 heterocycles. The van der Waals surface area contributed by atoms with Gasteiger partial charge in [0.2, 0.25) is 0 Å². The fraction of sp³-hybridized carbons (Fsp3) is 0.120. The molecule has 150 valence electrons. The minimum Gasteiger partial charge on any atom is -0.370 e. The van der Waals surface area contributed by atoms with Crippen LogP contribution in [-0.4, -0.2) is 23.1 Å². The summed E-state index contributed by atoms with van der Waals surface area (Å²) in [5.74, 6) is -0.328. The van der Waals surface area contributed by atoms with E-state index in [2.05, 4.69) is 47.6 Å². The molecule has 0 aliphatic heterocycles. The predicted molar refractivity (Wildman–Crippen MR) is 120 cm³/mol. The monoisotopic (exact) mass is 399 g/mol. The van der Waals surface area contributed by atoms with Gasteiger partial charge in [-0.25, -0.2) is 4.39 Å². The van der Waals surface area contributed by atoms with Gasteiger partial charge in [-0.15, -0.1) is 0 Å². The van der Waals surface area contributed by atoms with E-state index >= 15 is 0 Å². The molecule has 0 aliphatic rings. The second kappa shape index (κ2) is 8.33. The molecule has 5 heteroatoms. The summed E-state index contributed by atoms with van der Waals surface area (Å²) in [4.78, 5) is 12.5. The second-order valence-electron chi connectivity index (χ2n) is 7.33. The Bertz CT molecular complexity index is 1230. The number of hydrogen-bond donors (Lipinski definition) is 0. The molecule has 30 heavy (non-hydrogen) atoms. The van der Waals surface area contributed by atoms with E-state index in [0.717, 1.165) is 33.3 Å². The largest absolute Gasteiger partial charge is 0.370 e. The summed E-state index contributed by atoms with van der Waals surface area (Å²) in [5.41, 5.74) is 5.93. The van der Waals surface area contributed by atoms with Crippen molar-refractivity contribution in [3.8, 4) is 11.1 Å². The molecule has 0 fully saturated rings. The molecule has 0 amide bonds. The first kappa shape index (κ1) is 19.6. The van der Waals surface area contributed by atoms with Crippen LogP contribution in [0.5, 0.6) is 0 Å². The number of hydrogen-bond acceptors (Lipinski definition) is 3. The minimum absolute atomic E-state index is 0.328. The normalized spacial score (nSPS) is 11.3. The van der Waals surface area contributed by atoms with Crippen LogP contribution in [0.4, 0.5) is 10.1 Å². The Balaban J connectivity index is 1.52. The Morgan fingerprint density at radius 1 is 1.03 bits per heavy atom. The molecule has 1 aromatic heterocycles. The highest BCUT2D eigenvalue weighted by Crippen LogP contribution is 2.26. The molecule has 0 unspecified atom stereocenters. The number of allylic oxidation sites excluding steroid dienone is 1. The quantitative estimate of drug-likeness (QED) is 0.329. The van der Waals surface area contributed by atoms with Crippen LogP contribution in [0, 0.1) is 5.82 Å². The molecule has 4 nitrogen and oxygen atoms in total. The zero-order valence-corrected chi connectivity index (χ0v) is 16.9. The van der Waals surface area contributed by atoms with Crippen molar-refractivity contribution in [1.29, 1.82) is 0 Å². The zero-order valence-electron chi connectivity index (χ0n) is 16.9. The number of benzene rings is 3. The lowest BCUT2D eigenvalue weighted by atomic mass is 10.0. The van der Waals surface area contributed by atoms with Crippen molar-refractivity contribution in [2.45, 2.75) is 6.54 Å². The molecule has 3 aromatic carbocycles. The third kappa shape index (κ3) is 4.15. The number of nitrogens with zero attached hydrogens (tertiary/aromatic N) is 3. The smallest absolute Gasteiger partial charge is 0.142 e. The number of fused-ring (bicyclic) bond motifs is 1. The van der Waals surface area contributed by atoms with Crippen molar-refractivity contribution in [2.75, 3.05) is 11.9 Å². The Morgan fingerprint density at radius 3 is 2.57 bits per heavy atom. The van der Waals surface area contributed by atoms with Gasteiger partial charge in [0.05, 0.1) is 11.7 Å². The average molecular weight is 399 g/mol. The molecule has 0 saturated carbocycles. The number of aldehydes is 1. The number of aromatic nitrogens is 2. The van der Waals surface area contributed by atoms with E-state index < -0.39 is 0 Å². The molecular formula is C25H22FN3O. The summed E-state index contributed by atoms with van der Waals surface area (Å²) in [6.45, 7) is 0.641. The van der Waals surface area contributed by atoms with Crippen LogP contribution in [0.3, 0.4) is 0 Å². The summed E-state index contributed by atoms with van der Waals surface area (Å²) >= 11 is 0. The fourth-order valence-corrected chi connectivity index (χ4v) is 3.57. The maximum atomic E-state index is 14.0. The molecule has 0 atom stereocenters. The number of anilines is 1. The van der Waals surface area contributed by atoms with Crippen LogP contribution in [-0.2, 0) is 18.4 Å². The van der Waals surface area contributed by atoms with E-state index in [1.54, 1.807) is 6.08 Å². The van der Waals surface area contributed by atoms with Gasteiger partial charge in [0.25, 0.3) is 0 Å². The van der Waals surface area contributed by atoms with E-state index in [1.807, 2.05) is 35.9 Å². The van der Waals surface area contributed by atoms with Gasteiger partial charge in [-0.05, 0) is 58.7 Å². The van der Waals surface area contributed by atoms with E-state index in [0.29, 0.717) is 18.4 Å². The first-order chi connectivity index (χ1) is 14.5. The number of halogens is 1. The molecule has 0 radical (unpaired) electrons. The summed E-state index contributed by atoms with van der Waals surface area (Å²) in [7, 11) is 3.86. The highest BCUT2D eigenvalue weighted by atomic mass is 19.1. The predicted octanol–water partition coefficient (Wildman–Crippen LogP) is 5.23. The van der Waals surface area contributed by atoms with Gasteiger partial charge < -0.3 is 4.90 Å². The van der Waals surface area contributed by atoms with Crippen molar-refractivity contribution in [1.82, 2.24) is 9.78 Å². The van der Waals surface area contributed by atoms with Gasteiger partial charge in [-0.2, -0.15) is 5.10 Å². The van der Waals surface area contributed by atoms with Crippen LogP contribution in [0.15, 0.2) is 72.9 Å². The molecule has 0 aliphatic carbocycles. The lowest BCUT2D eigenvalue weighted by Gasteiger charge is -2.20. The third-order valence-corrected chi connectivity index (χ3v) is 5.17. The lowest BCUT2D eigenvalue weighted by molar-refractivity contribution is -0.104. The van der Waals surface area contributed by atoms with Crippen LogP contribution < -0.4 is 4.90 Å². The van der Waals surface area contributed by atoms with Crippen LogP contribution >= 0.6 is 0 Å². The Morgan fingerprint density at radius 2 is 1.80 bits per heavy atom. The van der Waals surface area contributed by atoms with E-state index in [-0.39, 0.29) is 5.82 Å². The molecular weight excluding hydrogens is 377 g/mol. The Hall–Kier alpha value is -3.73. The average Bonchev–Trinajstić information content (AvgIpc) is 3.12. The SMILES string of the molecule is CN(Cc1ccc(-c2ccc3c(cnn3C)c2)cc1)c1cc(F)cc(/C=C/C=O)c1. The summed E-state index contributed by atoms with van der Waals surface area (Å²) in [5, 5.41) is 5.41. The van der Waals surface area contributed by atoms with Gasteiger partial charge in [0.15, 0.2) is 0 Å². The maximum Gasteiger partial charge on any atom is 0.142 e. The zero-order chi connectivity index (χ0) is 21.1. The van der Waals surface area contributed by atoms with Crippen molar-refractivity contribution in [2.24, 2.45) is 7.05 Å². The number of carbonyl (C=O) groups is 1. The van der Waals surface area contributed by atoms with E-state index in [4.69, 9.17) is 0 Å². The number of aryl methyl sites for hydroxylation is 1. The number of carbonyl (C=O) groups excluding carboxylic acids is 1. The van der Waals surface area contributed by atoms with Crippen molar-refractivity contribution in [3.63, 3.8) is 0 Å². The summed E-state index contributed by atoms with van der Waals surface area (Å²) in [6, 6.07) is 19.5. The van der Waals surface area contributed by atoms with Crippen LogP contribution in [0.2, 0.25) is 0 Å². The Kier molecular flexibility index (Phi) is 5.44. The first-order valence-corrected chi connectivity index (χ1v) is 9.68. The first-order valence-electron chi connectivity index (χ1n) is 9.68. The standard InChI is InChI=1S/C25H22FN3O/c1-28(24-13-19(4-3-11-30)12-23(26)15-24)17-18-5-7-20(8-6-18)21-9-10-25-22(14-21)16-27-29(25)2/h3-16H,17H2,1-2H3/b4-3+. The molecule has 0 saturated heterocycles. The van der Waals surface area contributed by atoms with Crippen molar-refractivity contribution >= 4 is 29.0 Å². The second-order valence-corrected chi connectivity index (χ2v) is 7.33. The van der Waals surface area contributed by atoms with E-state index in [9.17, 15) is 9.18 Å². The molecule has 0 spiro atoms. The highest BCUT2D eigenvalue weighted by Gasteiger charge is 2.07. The van der Waals surface area contributed by atoms with Gasteiger partial charge in [0.1, 0.15) is 12.1 Å². The molecule has 0 N–H and O–H groups in total. The lowest BCUT2D eigenvalue weighted by Crippen LogP contribution is -2.16. The number of rotatable bonds is 6. The summed E-state index contributed by atoms with van der Waals surface area (Å²) in [6.07, 6.45) is 5.52. The summed E-state index contributed by atoms with van der Waals surface area (Å²) < 4.78 is 15.8. The minimum atomic E-state index is -0.328. The van der Waals surface area contributed by atoms with Crippen LogP contribution in [0.25, 0.3) is 28.1 Å². The Labute approximate surface area is 174 Å². The molecule has 4 aromatic rings. The van der Waals surface area contributed by atoms with Crippen molar-refractivity contribution in [3.05, 3.63) is 89.9 Å². The van der Waals surface area contributed by atoms with Crippen molar-refractivity contribution < 1.29 is 9.18 Å². The van der Waals surface area contributed by atoms with Gasteiger partial charge in [-0.1, -0.05) is 36.4 Å². The van der Waals surface area contributed by atoms with Gasteiger partial charge in [-0.3, -0.25) is 9.48 Å². The molecule has 0 bridgehead atoms. The maximum absolute atomic E-state index is 14.0. The fourth-order valence-electron chi connectivity index (χ4n) is 3.57. The van der Waals surface area contributed by atoms with Gasteiger partial charge >= 0.3 is 0 Å². The molecule has 4 rings (SSSR count). The van der Waals surface area contributed by atoms with E-state index in [1.165, 1.54) is 18.2 Å². The highest BCUT2D eigenvalue weighted by molar-refractivity contribution is 5.84. The van der Waals surface area contributed by atoms with Crippen LogP contribution in [0.1, 0.15) is 11.1 Å². The third-order valence-electron chi connectivity index (χ3n) is 5.17. The van der Waals surface area contributed by atoms with Gasteiger partial charge in [0, 0.05) is 31.7 Å².